The van der Waals surface area contributed by atoms with Crippen LogP contribution in [0.3, 0.4) is 0 Å². The maximum atomic E-state index is 8.95. The van der Waals surface area contributed by atoms with E-state index in [1.54, 1.807) is 0 Å². The number of benzene rings is 1. The minimum atomic E-state index is 0.127. The number of rotatable bonds is 2. The Hall–Kier alpha value is -0.600. The van der Waals surface area contributed by atoms with Gasteiger partial charge >= 0.3 is 0 Å². The maximum absolute atomic E-state index is 8.95. The van der Waals surface area contributed by atoms with Gasteiger partial charge < -0.3 is 5.11 Å². The summed E-state index contributed by atoms with van der Waals surface area (Å²) in [6.07, 6.45) is 0. The van der Waals surface area contributed by atoms with E-state index in [-0.39, 0.29) is 6.61 Å². The zero-order valence-electron chi connectivity index (χ0n) is 7.84. The SMILES string of the molecule is C/C(CO)=C(/C)c1ccc(Br)cc1. The summed E-state index contributed by atoms with van der Waals surface area (Å²) in [5, 5.41) is 8.95. The molecule has 2 heteroatoms. The highest BCUT2D eigenvalue weighted by atomic mass is 79.9. The molecule has 0 saturated carbocycles. The Morgan fingerprint density at radius 2 is 1.77 bits per heavy atom. The van der Waals surface area contributed by atoms with Gasteiger partial charge in [-0.15, -0.1) is 0 Å². The predicted octanol–water partition coefficient (Wildman–Crippen LogP) is 3.23. The third-order valence-electron chi connectivity index (χ3n) is 2.15. The van der Waals surface area contributed by atoms with E-state index in [2.05, 4.69) is 15.9 Å². The summed E-state index contributed by atoms with van der Waals surface area (Å²) in [4.78, 5) is 0. The molecule has 1 aromatic rings. The molecular formula is C11H13BrO. The number of allylic oxidation sites excluding steroid dienone is 1. The van der Waals surface area contributed by atoms with Crippen LogP contribution in [-0.2, 0) is 0 Å². The van der Waals surface area contributed by atoms with E-state index in [9.17, 15) is 0 Å². The Labute approximate surface area is 87.2 Å². The third kappa shape index (κ3) is 2.68. The Kier molecular flexibility index (Phi) is 3.70. The van der Waals surface area contributed by atoms with Crippen molar-refractivity contribution in [3.05, 3.63) is 39.9 Å². The summed E-state index contributed by atoms with van der Waals surface area (Å²) >= 11 is 3.38. The average Bonchev–Trinajstić information content (AvgIpc) is 2.17. The lowest BCUT2D eigenvalue weighted by molar-refractivity contribution is 0.332. The monoisotopic (exact) mass is 240 g/mol. The molecule has 0 saturated heterocycles. The first-order chi connectivity index (χ1) is 6.15. The van der Waals surface area contributed by atoms with Crippen LogP contribution in [-0.4, -0.2) is 11.7 Å². The summed E-state index contributed by atoms with van der Waals surface area (Å²) in [7, 11) is 0. The molecule has 0 bridgehead atoms. The Morgan fingerprint density at radius 3 is 2.23 bits per heavy atom. The molecule has 13 heavy (non-hydrogen) atoms. The summed E-state index contributed by atoms with van der Waals surface area (Å²) in [5.41, 5.74) is 3.33. The molecule has 0 aliphatic rings. The van der Waals surface area contributed by atoms with Gasteiger partial charge in [-0.1, -0.05) is 28.1 Å². The average molecular weight is 241 g/mol. The predicted molar refractivity (Wildman–Crippen MR) is 59.5 cm³/mol. The highest BCUT2D eigenvalue weighted by Crippen LogP contribution is 2.19. The topological polar surface area (TPSA) is 20.2 Å². The molecule has 1 nitrogen and oxygen atoms in total. The number of hydrogen-bond donors (Lipinski definition) is 1. The molecule has 0 amide bonds. The molecule has 70 valence electrons. The molecule has 0 aliphatic heterocycles. The fraction of sp³-hybridized carbons (Fsp3) is 0.273. The lowest BCUT2D eigenvalue weighted by Crippen LogP contribution is -1.89. The van der Waals surface area contributed by atoms with E-state index in [4.69, 9.17) is 5.11 Å². The second kappa shape index (κ2) is 4.58. The fourth-order valence-corrected chi connectivity index (χ4v) is 1.33. The molecule has 1 aromatic carbocycles. The number of halogens is 1. The van der Waals surface area contributed by atoms with Crippen molar-refractivity contribution in [1.29, 1.82) is 0 Å². The van der Waals surface area contributed by atoms with Crippen molar-refractivity contribution in [2.75, 3.05) is 6.61 Å². The van der Waals surface area contributed by atoms with Crippen molar-refractivity contribution < 1.29 is 5.11 Å². The van der Waals surface area contributed by atoms with Crippen LogP contribution in [0.2, 0.25) is 0 Å². The molecule has 0 unspecified atom stereocenters. The van der Waals surface area contributed by atoms with E-state index in [1.807, 2.05) is 38.1 Å². The van der Waals surface area contributed by atoms with Gasteiger partial charge in [0.1, 0.15) is 0 Å². The number of hydrogen-bond acceptors (Lipinski definition) is 1. The molecule has 0 fully saturated rings. The number of aliphatic hydroxyl groups excluding tert-OH is 1. The van der Waals surface area contributed by atoms with E-state index in [0.29, 0.717) is 0 Å². The van der Waals surface area contributed by atoms with E-state index in [0.717, 1.165) is 21.2 Å². The maximum Gasteiger partial charge on any atom is 0.0644 e. The van der Waals surface area contributed by atoms with E-state index in [1.165, 1.54) is 0 Å². The normalized spacial score (nSPS) is 12.6. The molecule has 0 heterocycles. The van der Waals surface area contributed by atoms with Crippen molar-refractivity contribution in [3.63, 3.8) is 0 Å². The molecule has 0 atom stereocenters. The highest BCUT2D eigenvalue weighted by molar-refractivity contribution is 9.10. The van der Waals surface area contributed by atoms with Gasteiger partial charge in [-0.05, 0) is 42.7 Å². The van der Waals surface area contributed by atoms with Gasteiger partial charge in [0.15, 0.2) is 0 Å². The molecule has 1 N–H and O–H groups in total. The van der Waals surface area contributed by atoms with E-state index < -0.39 is 0 Å². The lowest BCUT2D eigenvalue weighted by atomic mass is 10.0. The van der Waals surface area contributed by atoms with Crippen LogP contribution in [0, 0.1) is 0 Å². The lowest BCUT2D eigenvalue weighted by Gasteiger charge is -2.05. The van der Waals surface area contributed by atoms with Gasteiger partial charge in [0.2, 0.25) is 0 Å². The van der Waals surface area contributed by atoms with Gasteiger partial charge in [-0.2, -0.15) is 0 Å². The molecule has 0 radical (unpaired) electrons. The largest absolute Gasteiger partial charge is 0.392 e. The zero-order valence-corrected chi connectivity index (χ0v) is 9.43. The van der Waals surface area contributed by atoms with Crippen molar-refractivity contribution in [1.82, 2.24) is 0 Å². The standard InChI is InChI=1S/C11H13BrO/c1-8(7-13)9(2)10-3-5-11(12)6-4-10/h3-6,13H,7H2,1-2H3/b9-8+. The minimum absolute atomic E-state index is 0.127. The van der Waals surface area contributed by atoms with E-state index >= 15 is 0 Å². The fourth-order valence-electron chi connectivity index (χ4n) is 1.06. The second-order valence-electron chi connectivity index (χ2n) is 3.07. The van der Waals surface area contributed by atoms with Crippen molar-refractivity contribution in [2.45, 2.75) is 13.8 Å². The molecule has 1 rings (SSSR count). The Morgan fingerprint density at radius 1 is 1.23 bits per heavy atom. The first-order valence-electron chi connectivity index (χ1n) is 4.18. The van der Waals surface area contributed by atoms with Gasteiger partial charge in [0.05, 0.1) is 6.61 Å². The van der Waals surface area contributed by atoms with Crippen molar-refractivity contribution in [2.24, 2.45) is 0 Å². The van der Waals surface area contributed by atoms with Gasteiger partial charge in [-0.25, -0.2) is 0 Å². The van der Waals surface area contributed by atoms with Crippen LogP contribution in [0.15, 0.2) is 34.3 Å². The van der Waals surface area contributed by atoms with Gasteiger partial charge in [0, 0.05) is 4.47 Å². The Bertz CT molecular complexity index is 311. The molecular weight excluding hydrogens is 228 g/mol. The Balaban J connectivity index is 3.02. The highest BCUT2D eigenvalue weighted by Gasteiger charge is 1.98. The van der Waals surface area contributed by atoms with Gasteiger partial charge in [-0.3, -0.25) is 0 Å². The van der Waals surface area contributed by atoms with Crippen LogP contribution in [0.25, 0.3) is 5.57 Å². The molecule has 0 spiro atoms. The van der Waals surface area contributed by atoms with Crippen LogP contribution in [0.5, 0.6) is 0 Å². The van der Waals surface area contributed by atoms with Crippen LogP contribution >= 0.6 is 15.9 Å². The zero-order chi connectivity index (χ0) is 9.84. The first-order valence-corrected chi connectivity index (χ1v) is 4.97. The smallest absolute Gasteiger partial charge is 0.0644 e. The third-order valence-corrected chi connectivity index (χ3v) is 2.68. The summed E-state index contributed by atoms with van der Waals surface area (Å²) < 4.78 is 1.07. The molecule has 0 aromatic heterocycles. The summed E-state index contributed by atoms with van der Waals surface area (Å²) in [6, 6.07) is 8.09. The number of aliphatic hydroxyl groups is 1. The first kappa shape index (κ1) is 10.5. The van der Waals surface area contributed by atoms with Crippen LogP contribution < -0.4 is 0 Å². The van der Waals surface area contributed by atoms with Crippen LogP contribution in [0.4, 0.5) is 0 Å². The summed E-state index contributed by atoms with van der Waals surface area (Å²) in [6.45, 7) is 4.09. The second-order valence-corrected chi connectivity index (χ2v) is 3.99. The summed E-state index contributed by atoms with van der Waals surface area (Å²) in [5.74, 6) is 0. The van der Waals surface area contributed by atoms with Crippen molar-refractivity contribution >= 4 is 21.5 Å². The quantitative estimate of drug-likeness (QED) is 0.842. The van der Waals surface area contributed by atoms with Crippen LogP contribution in [0.1, 0.15) is 19.4 Å². The molecule has 0 aliphatic carbocycles. The minimum Gasteiger partial charge on any atom is -0.392 e. The van der Waals surface area contributed by atoms with Crippen molar-refractivity contribution in [3.8, 4) is 0 Å². The van der Waals surface area contributed by atoms with Gasteiger partial charge in [0.25, 0.3) is 0 Å².